The van der Waals surface area contributed by atoms with Gasteiger partial charge in [0, 0.05) is 13.0 Å². The van der Waals surface area contributed by atoms with Crippen LogP contribution in [0.25, 0.3) is 0 Å². The highest BCUT2D eigenvalue weighted by Crippen LogP contribution is 2.13. The molecule has 0 aliphatic heterocycles. The molecule has 122 valence electrons. The van der Waals surface area contributed by atoms with Crippen LogP contribution >= 0.6 is 0 Å². The fourth-order valence-corrected chi connectivity index (χ4v) is 3.42. The summed E-state index contributed by atoms with van der Waals surface area (Å²) in [6.45, 7) is 4.29. The second-order valence-electron chi connectivity index (χ2n) is 5.59. The van der Waals surface area contributed by atoms with Crippen molar-refractivity contribution in [3.05, 3.63) is 65.2 Å². The third-order valence-electron chi connectivity index (χ3n) is 3.72. The number of benzene rings is 2. The van der Waals surface area contributed by atoms with Crippen LogP contribution < -0.4 is 5.32 Å². The molecule has 0 radical (unpaired) electrons. The van der Waals surface area contributed by atoms with E-state index in [4.69, 9.17) is 0 Å². The molecule has 23 heavy (non-hydrogen) atoms. The normalized spacial score (nSPS) is 11.2. The maximum Gasteiger partial charge on any atom is 0.221 e. The second kappa shape index (κ2) is 7.42. The van der Waals surface area contributed by atoms with Crippen LogP contribution in [0.4, 0.5) is 0 Å². The summed E-state index contributed by atoms with van der Waals surface area (Å²) in [5.74, 6) is -0.445. The molecule has 0 atom stereocenters. The van der Waals surface area contributed by atoms with E-state index in [1.165, 1.54) is 0 Å². The van der Waals surface area contributed by atoms with Gasteiger partial charge in [-0.05, 0) is 37.1 Å². The van der Waals surface area contributed by atoms with E-state index in [9.17, 15) is 13.2 Å². The Morgan fingerprint density at radius 2 is 1.65 bits per heavy atom. The van der Waals surface area contributed by atoms with E-state index in [2.05, 4.69) is 5.32 Å². The molecular weight excluding hydrogens is 310 g/mol. The molecule has 0 spiro atoms. The van der Waals surface area contributed by atoms with E-state index in [1.807, 2.05) is 38.1 Å². The lowest BCUT2D eigenvalue weighted by Gasteiger charge is -2.08. The number of sulfone groups is 1. The molecular formula is C18H21NO3S. The lowest BCUT2D eigenvalue weighted by atomic mass is 10.1. The molecule has 0 aliphatic carbocycles. The third kappa shape index (κ3) is 4.93. The molecule has 2 rings (SSSR count). The number of aryl methyl sites for hydroxylation is 2. The summed E-state index contributed by atoms with van der Waals surface area (Å²) in [5.41, 5.74) is 3.13. The maximum absolute atomic E-state index is 12.2. The predicted molar refractivity (Wildman–Crippen MR) is 90.9 cm³/mol. The summed E-state index contributed by atoms with van der Waals surface area (Å²) in [7, 11) is -3.42. The molecule has 1 N–H and O–H groups in total. The Kier molecular flexibility index (Phi) is 5.55. The van der Waals surface area contributed by atoms with Crippen LogP contribution in [0.3, 0.4) is 0 Å². The number of amides is 1. The van der Waals surface area contributed by atoms with Crippen molar-refractivity contribution in [2.45, 2.75) is 31.7 Å². The number of rotatable bonds is 6. The van der Waals surface area contributed by atoms with E-state index in [0.29, 0.717) is 6.54 Å². The van der Waals surface area contributed by atoms with E-state index in [0.717, 1.165) is 16.7 Å². The van der Waals surface area contributed by atoms with E-state index in [1.54, 1.807) is 24.3 Å². The molecule has 0 aliphatic rings. The monoisotopic (exact) mass is 331 g/mol. The quantitative estimate of drug-likeness (QED) is 0.885. The number of carbonyl (C=O) groups excluding carboxylic acids is 1. The molecule has 0 fully saturated rings. The van der Waals surface area contributed by atoms with Gasteiger partial charge >= 0.3 is 0 Å². The summed E-state index contributed by atoms with van der Waals surface area (Å²) in [6.07, 6.45) is -0.0396. The molecule has 0 saturated heterocycles. The van der Waals surface area contributed by atoms with Crippen LogP contribution in [0.5, 0.6) is 0 Å². The minimum Gasteiger partial charge on any atom is -0.352 e. The highest BCUT2D eigenvalue weighted by atomic mass is 32.2. The first-order valence-corrected chi connectivity index (χ1v) is 9.14. The summed E-state index contributed by atoms with van der Waals surface area (Å²) < 4.78 is 24.4. The van der Waals surface area contributed by atoms with Crippen LogP contribution in [0.1, 0.15) is 23.1 Å². The average Bonchev–Trinajstić information content (AvgIpc) is 2.53. The van der Waals surface area contributed by atoms with Crippen molar-refractivity contribution in [2.24, 2.45) is 0 Å². The van der Waals surface area contributed by atoms with Gasteiger partial charge in [0.1, 0.15) is 0 Å². The molecule has 2 aromatic rings. The SMILES string of the molecule is Cc1ccc(S(=O)(=O)CCC(=O)NCc2ccccc2C)cc1. The van der Waals surface area contributed by atoms with Crippen molar-refractivity contribution in [1.29, 1.82) is 0 Å². The van der Waals surface area contributed by atoms with Crippen LogP contribution in [0, 0.1) is 13.8 Å². The maximum atomic E-state index is 12.2. The van der Waals surface area contributed by atoms with Gasteiger partial charge < -0.3 is 5.32 Å². The van der Waals surface area contributed by atoms with Crippen LogP contribution in [0.2, 0.25) is 0 Å². The lowest BCUT2D eigenvalue weighted by molar-refractivity contribution is -0.120. The van der Waals surface area contributed by atoms with E-state index in [-0.39, 0.29) is 23.0 Å². The Hall–Kier alpha value is -2.14. The molecule has 0 heterocycles. The fourth-order valence-electron chi connectivity index (χ4n) is 2.18. The highest BCUT2D eigenvalue weighted by Gasteiger charge is 2.16. The minimum absolute atomic E-state index is 0.0396. The van der Waals surface area contributed by atoms with Crippen LogP contribution in [-0.4, -0.2) is 20.1 Å². The molecule has 1 amide bonds. The smallest absolute Gasteiger partial charge is 0.221 e. The molecule has 5 heteroatoms. The molecule has 0 saturated carbocycles. The zero-order chi connectivity index (χ0) is 16.9. The van der Waals surface area contributed by atoms with Gasteiger partial charge in [-0.15, -0.1) is 0 Å². The first-order chi connectivity index (χ1) is 10.9. The van der Waals surface area contributed by atoms with Crippen molar-refractivity contribution in [3.63, 3.8) is 0 Å². The van der Waals surface area contributed by atoms with Crippen molar-refractivity contribution in [3.8, 4) is 0 Å². The van der Waals surface area contributed by atoms with Gasteiger partial charge in [0.25, 0.3) is 0 Å². The first kappa shape index (κ1) is 17.2. The van der Waals surface area contributed by atoms with Gasteiger partial charge in [-0.2, -0.15) is 0 Å². The van der Waals surface area contributed by atoms with Crippen molar-refractivity contribution >= 4 is 15.7 Å². The Morgan fingerprint density at radius 1 is 1.00 bits per heavy atom. The highest BCUT2D eigenvalue weighted by molar-refractivity contribution is 7.91. The Balaban J connectivity index is 1.89. The van der Waals surface area contributed by atoms with Gasteiger partial charge in [0.2, 0.25) is 5.91 Å². The first-order valence-electron chi connectivity index (χ1n) is 7.49. The molecule has 2 aromatic carbocycles. The summed E-state index contributed by atoms with van der Waals surface area (Å²) in [4.78, 5) is 12.1. The molecule has 4 nitrogen and oxygen atoms in total. The third-order valence-corrected chi connectivity index (χ3v) is 5.45. The Morgan fingerprint density at radius 3 is 2.30 bits per heavy atom. The van der Waals surface area contributed by atoms with E-state index < -0.39 is 9.84 Å². The number of nitrogens with one attached hydrogen (secondary N) is 1. The van der Waals surface area contributed by atoms with Gasteiger partial charge in [0.05, 0.1) is 10.6 Å². The van der Waals surface area contributed by atoms with Gasteiger partial charge in [-0.3, -0.25) is 4.79 Å². The largest absolute Gasteiger partial charge is 0.352 e. The van der Waals surface area contributed by atoms with Crippen LogP contribution in [0.15, 0.2) is 53.4 Å². The van der Waals surface area contributed by atoms with Crippen molar-refractivity contribution < 1.29 is 13.2 Å². The summed E-state index contributed by atoms with van der Waals surface area (Å²) in [6, 6.07) is 14.4. The average molecular weight is 331 g/mol. The lowest BCUT2D eigenvalue weighted by Crippen LogP contribution is -2.25. The molecule has 0 unspecified atom stereocenters. The van der Waals surface area contributed by atoms with Gasteiger partial charge in [-0.1, -0.05) is 42.0 Å². The standard InChI is InChI=1S/C18H21NO3S/c1-14-7-9-17(10-8-14)23(21,22)12-11-18(20)19-13-16-6-4-3-5-15(16)2/h3-10H,11-13H2,1-2H3,(H,19,20). The van der Waals surface area contributed by atoms with Crippen molar-refractivity contribution in [1.82, 2.24) is 5.32 Å². The fraction of sp³-hybridized carbons (Fsp3) is 0.278. The molecule has 0 aromatic heterocycles. The van der Waals surface area contributed by atoms with Gasteiger partial charge in [-0.25, -0.2) is 8.42 Å². The summed E-state index contributed by atoms with van der Waals surface area (Å²) in [5, 5.41) is 2.77. The summed E-state index contributed by atoms with van der Waals surface area (Å²) >= 11 is 0. The topological polar surface area (TPSA) is 63.2 Å². The zero-order valence-corrected chi connectivity index (χ0v) is 14.2. The predicted octanol–water partition coefficient (Wildman–Crippen LogP) is 2.78. The zero-order valence-electron chi connectivity index (χ0n) is 13.4. The number of hydrogen-bond acceptors (Lipinski definition) is 3. The second-order valence-corrected chi connectivity index (χ2v) is 7.69. The minimum atomic E-state index is -3.42. The van der Waals surface area contributed by atoms with Crippen molar-refractivity contribution in [2.75, 3.05) is 5.75 Å². The Bertz CT molecular complexity index is 780. The Labute approximate surface area is 137 Å². The van der Waals surface area contributed by atoms with Gasteiger partial charge in [0.15, 0.2) is 9.84 Å². The van der Waals surface area contributed by atoms with Crippen LogP contribution in [-0.2, 0) is 21.2 Å². The van der Waals surface area contributed by atoms with E-state index >= 15 is 0 Å². The molecule has 0 bridgehead atoms. The number of carbonyl (C=O) groups is 1. The number of hydrogen-bond donors (Lipinski definition) is 1.